The van der Waals surface area contributed by atoms with Crippen molar-refractivity contribution in [3.8, 4) is 11.5 Å². The molecular formula is C25H30N2O4. The van der Waals surface area contributed by atoms with Gasteiger partial charge in [0.2, 0.25) is 5.91 Å². The lowest BCUT2D eigenvalue weighted by molar-refractivity contribution is -0.120. The van der Waals surface area contributed by atoms with Crippen molar-refractivity contribution < 1.29 is 19.1 Å². The van der Waals surface area contributed by atoms with Gasteiger partial charge < -0.3 is 19.7 Å². The molecule has 4 rings (SSSR count). The summed E-state index contributed by atoms with van der Waals surface area (Å²) < 4.78 is 10.7. The van der Waals surface area contributed by atoms with Crippen molar-refractivity contribution in [2.75, 3.05) is 19.5 Å². The Bertz CT molecular complexity index is 959. The van der Waals surface area contributed by atoms with E-state index in [0.29, 0.717) is 35.1 Å². The van der Waals surface area contributed by atoms with E-state index >= 15 is 0 Å². The molecule has 6 heteroatoms. The van der Waals surface area contributed by atoms with Crippen molar-refractivity contribution in [3.05, 3.63) is 53.6 Å². The quantitative estimate of drug-likeness (QED) is 0.774. The first-order chi connectivity index (χ1) is 15.0. The van der Waals surface area contributed by atoms with Crippen LogP contribution in [0.4, 0.5) is 5.69 Å². The number of hydrogen-bond acceptors (Lipinski definition) is 4. The Hall–Kier alpha value is -3.02. The molecule has 3 atom stereocenters. The Morgan fingerprint density at radius 2 is 1.68 bits per heavy atom. The lowest BCUT2D eigenvalue weighted by atomic mass is 9.84. The first-order valence-corrected chi connectivity index (χ1v) is 10.9. The zero-order chi connectivity index (χ0) is 22.0. The number of methoxy groups -OCH3 is 2. The minimum absolute atomic E-state index is 0.0563. The van der Waals surface area contributed by atoms with E-state index in [-0.39, 0.29) is 17.9 Å². The minimum Gasteiger partial charge on any atom is -0.493 e. The van der Waals surface area contributed by atoms with Crippen LogP contribution < -0.4 is 14.8 Å². The molecule has 1 aliphatic carbocycles. The van der Waals surface area contributed by atoms with Gasteiger partial charge in [-0.2, -0.15) is 0 Å². The molecule has 1 aliphatic heterocycles. The minimum atomic E-state index is -0.478. The fourth-order valence-electron chi connectivity index (χ4n) is 5.05. The van der Waals surface area contributed by atoms with Crippen LogP contribution in [0.25, 0.3) is 0 Å². The van der Waals surface area contributed by atoms with E-state index in [0.717, 1.165) is 31.2 Å². The van der Waals surface area contributed by atoms with Gasteiger partial charge in [-0.1, -0.05) is 31.0 Å². The smallest absolute Gasteiger partial charge is 0.254 e. The third-order valence-electron chi connectivity index (χ3n) is 6.63. The number of nitrogens with one attached hydrogen (secondary N) is 1. The second-order valence-corrected chi connectivity index (χ2v) is 8.45. The molecule has 2 aromatic rings. The van der Waals surface area contributed by atoms with Crippen LogP contribution in [0.15, 0.2) is 42.5 Å². The van der Waals surface area contributed by atoms with Crippen LogP contribution in [-0.4, -0.2) is 43.0 Å². The molecule has 1 saturated carbocycles. The van der Waals surface area contributed by atoms with Crippen LogP contribution in [0.2, 0.25) is 0 Å². The molecule has 6 nitrogen and oxygen atoms in total. The third kappa shape index (κ3) is 4.11. The van der Waals surface area contributed by atoms with Crippen molar-refractivity contribution in [1.29, 1.82) is 0 Å². The monoisotopic (exact) mass is 422 g/mol. The van der Waals surface area contributed by atoms with Crippen molar-refractivity contribution in [2.24, 2.45) is 5.92 Å². The number of ether oxygens (including phenoxy) is 2. The Morgan fingerprint density at radius 3 is 2.39 bits per heavy atom. The summed E-state index contributed by atoms with van der Waals surface area (Å²) >= 11 is 0. The van der Waals surface area contributed by atoms with Crippen LogP contribution in [0.1, 0.15) is 48.0 Å². The molecule has 2 aromatic carbocycles. The highest BCUT2D eigenvalue weighted by Crippen LogP contribution is 2.41. The fourth-order valence-corrected chi connectivity index (χ4v) is 5.05. The van der Waals surface area contributed by atoms with E-state index in [9.17, 15) is 9.59 Å². The summed E-state index contributed by atoms with van der Waals surface area (Å²) in [7, 11) is 3.16. The van der Waals surface area contributed by atoms with Gasteiger partial charge in [0.1, 0.15) is 6.04 Å². The summed E-state index contributed by atoms with van der Waals surface area (Å²) in [6.45, 7) is 1.92. The Balaban J connectivity index is 1.62. The molecule has 0 radical (unpaired) electrons. The van der Waals surface area contributed by atoms with Crippen molar-refractivity contribution in [3.63, 3.8) is 0 Å². The Morgan fingerprint density at radius 1 is 1.00 bits per heavy atom. The van der Waals surface area contributed by atoms with Gasteiger partial charge in [-0.15, -0.1) is 0 Å². The van der Waals surface area contributed by atoms with Gasteiger partial charge in [-0.05, 0) is 55.9 Å². The van der Waals surface area contributed by atoms with Crippen LogP contribution in [0, 0.1) is 12.8 Å². The number of rotatable bonds is 5. The Labute approximate surface area is 183 Å². The molecule has 0 spiro atoms. The molecule has 31 heavy (non-hydrogen) atoms. The van der Waals surface area contributed by atoms with Gasteiger partial charge in [0.05, 0.1) is 14.2 Å². The van der Waals surface area contributed by atoms with Gasteiger partial charge in [-0.3, -0.25) is 9.59 Å². The average molecular weight is 423 g/mol. The zero-order valence-electron chi connectivity index (χ0n) is 18.4. The Kier molecular flexibility index (Phi) is 6.16. The first kappa shape index (κ1) is 21.2. The van der Waals surface area contributed by atoms with E-state index in [4.69, 9.17) is 9.47 Å². The van der Waals surface area contributed by atoms with Crippen LogP contribution in [0.3, 0.4) is 0 Å². The maximum Gasteiger partial charge on any atom is 0.254 e. The number of fused-ring (bicyclic) bond motifs is 1. The fraction of sp³-hybridized carbons (Fsp3) is 0.440. The standard InChI is InChI=1S/C25H30N2O4/c1-16-13-22(30-2)23(31-3)15-19(16)26-24(28)21-14-18-11-7-8-12-20(18)27(21)25(29)17-9-5-4-6-10-17/h4-6,9-10,13,15,18,20-21H,7-8,11-12,14H2,1-3H3,(H,26,28). The SMILES string of the molecule is COc1cc(C)c(NC(=O)C2CC3CCCCC3N2C(=O)c2ccccc2)cc1OC. The summed E-state index contributed by atoms with van der Waals surface area (Å²) in [5.74, 6) is 1.35. The molecule has 2 amide bonds. The molecule has 0 aromatic heterocycles. The number of amides is 2. The molecular weight excluding hydrogens is 392 g/mol. The zero-order valence-corrected chi connectivity index (χ0v) is 18.4. The number of aryl methyl sites for hydroxylation is 1. The van der Waals surface area contributed by atoms with Gasteiger partial charge in [0.25, 0.3) is 5.91 Å². The highest BCUT2D eigenvalue weighted by molar-refractivity contribution is 6.02. The predicted octanol–water partition coefficient (Wildman–Crippen LogP) is 4.42. The first-order valence-electron chi connectivity index (χ1n) is 10.9. The van der Waals surface area contributed by atoms with Gasteiger partial charge in [0.15, 0.2) is 11.5 Å². The lowest BCUT2D eigenvalue weighted by Crippen LogP contribution is -2.47. The second-order valence-electron chi connectivity index (χ2n) is 8.45. The maximum atomic E-state index is 13.4. The van der Waals surface area contributed by atoms with Crippen molar-refractivity contribution in [2.45, 2.75) is 51.1 Å². The number of anilines is 1. The van der Waals surface area contributed by atoms with Crippen molar-refractivity contribution in [1.82, 2.24) is 4.90 Å². The second kappa shape index (κ2) is 9.00. The summed E-state index contributed by atoms with van der Waals surface area (Å²) in [5.41, 5.74) is 2.18. The molecule has 3 unspecified atom stereocenters. The van der Waals surface area contributed by atoms with E-state index in [1.807, 2.05) is 48.2 Å². The van der Waals surface area contributed by atoms with Gasteiger partial charge >= 0.3 is 0 Å². The van der Waals surface area contributed by atoms with E-state index in [2.05, 4.69) is 5.32 Å². The molecule has 164 valence electrons. The number of carbonyl (C=O) groups excluding carboxylic acids is 2. The van der Waals surface area contributed by atoms with E-state index in [1.54, 1.807) is 20.3 Å². The van der Waals surface area contributed by atoms with E-state index in [1.165, 1.54) is 0 Å². The topological polar surface area (TPSA) is 67.9 Å². The molecule has 0 bridgehead atoms. The summed E-state index contributed by atoms with van der Waals surface area (Å²) in [5, 5.41) is 3.06. The highest BCUT2D eigenvalue weighted by atomic mass is 16.5. The van der Waals surface area contributed by atoms with E-state index < -0.39 is 6.04 Å². The molecule has 1 saturated heterocycles. The number of carbonyl (C=O) groups is 2. The summed E-state index contributed by atoms with van der Waals surface area (Å²) in [4.78, 5) is 28.7. The van der Waals surface area contributed by atoms with Crippen molar-refractivity contribution >= 4 is 17.5 Å². The molecule has 1 heterocycles. The maximum absolute atomic E-state index is 13.4. The van der Waals surface area contributed by atoms with Crippen LogP contribution in [0.5, 0.6) is 11.5 Å². The van der Waals surface area contributed by atoms with Gasteiger partial charge in [0, 0.05) is 23.4 Å². The number of hydrogen-bond donors (Lipinski definition) is 1. The normalized spacial score (nSPS) is 22.5. The lowest BCUT2D eigenvalue weighted by Gasteiger charge is -2.33. The summed E-state index contributed by atoms with van der Waals surface area (Å²) in [6, 6.07) is 12.5. The third-order valence-corrected chi connectivity index (χ3v) is 6.63. The molecule has 2 aliphatic rings. The largest absolute Gasteiger partial charge is 0.493 e. The molecule has 2 fully saturated rings. The molecule has 1 N–H and O–H groups in total. The number of benzene rings is 2. The summed E-state index contributed by atoms with van der Waals surface area (Å²) in [6.07, 6.45) is 5.01. The van der Waals surface area contributed by atoms with Crippen LogP contribution >= 0.6 is 0 Å². The predicted molar refractivity (Wildman–Crippen MR) is 120 cm³/mol. The highest BCUT2D eigenvalue weighted by Gasteiger charge is 2.47. The number of likely N-dealkylation sites (tertiary alicyclic amines) is 1. The van der Waals surface area contributed by atoms with Crippen LogP contribution in [-0.2, 0) is 4.79 Å². The number of nitrogens with zero attached hydrogens (tertiary/aromatic N) is 1. The average Bonchev–Trinajstić information content (AvgIpc) is 3.20. The van der Waals surface area contributed by atoms with Gasteiger partial charge in [-0.25, -0.2) is 0 Å².